The first-order chi connectivity index (χ1) is 12.3. The number of sulfonamides is 1. The zero-order valence-corrected chi connectivity index (χ0v) is 16.2. The van der Waals surface area contributed by atoms with Gasteiger partial charge in [-0.3, -0.25) is 0 Å². The summed E-state index contributed by atoms with van der Waals surface area (Å²) in [5, 5.41) is 4.89. The van der Waals surface area contributed by atoms with Crippen LogP contribution in [0.2, 0.25) is 5.02 Å². The van der Waals surface area contributed by atoms with Crippen molar-refractivity contribution in [2.75, 3.05) is 20.5 Å². The zero-order chi connectivity index (χ0) is 18.9. The molecule has 0 fully saturated rings. The van der Waals surface area contributed by atoms with E-state index in [9.17, 15) is 8.42 Å². The standard InChI is InChI=1S/C18H19ClN2O4S/c1-24-12-8-9-14(18(10-12)25-2)17-11-16(20-21(17)26(3,22)23)13-6-4-5-7-15(13)19/h4-10,17H,11H2,1-3H3/t17-/m1/s1. The smallest absolute Gasteiger partial charge is 0.247 e. The molecule has 3 rings (SSSR count). The highest BCUT2D eigenvalue weighted by atomic mass is 35.5. The summed E-state index contributed by atoms with van der Waals surface area (Å²) in [4.78, 5) is 0. The summed E-state index contributed by atoms with van der Waals surface area (Å²) < 4.78 is 36.4. The van der Waals surface area contributed by atoms with Gasteiger partial charge in [-0.15, -0.1) is 0 Å². The fraction of sp³-hybridized carbons (Fsp3) is 0.278. The SMILES string of the molecule is COc1ccc([C@H]2CC(c3ccccc3Cl)=NN2S(C)(=O)=O)c(OC)c1. The molecule has 0 bridgehead atoms. The molecule has 0 radical (unpaired) electrons. The molecule has 2 aromatic rings. The minimum atomic E-state index is -3.58. The van der Waals surface area contributed by atoms with Crippen LogP contribution in [0.1, 0.15) is 23.6 Å². The third-order valence-corrected chi connectivity index (χ3v) is 5.54. The van der Waals surface area contributed by atoms with Crippen molar-refractivity contribution in [1.29, 1.82) is 0 Å². The molecular weight excluding hydrogens is 376 g/mol. The predicted octanol–water partition coefficient (Wildman–Crippen LogP) is 3.47. The van der Waals surface area contributed by atoms with E-state index in [1.165, 1.54) is 7.11 Å². The molecular formula is C18H19ClN2O4S. The Bertz CT molecular complexity index is 959. The molecule has 1 heterocycles. The summed E-state index contributed by atoms with van der Waals surface area (Å²) in [6.45, 7) is 0. The molecule has 138 valence electrons. The molecule has 0 saturated carbocycles. The normalized spacial score (nSPS) is 17.2. The number of hydrogen-bond acceptors (Lipinski definition) is 5. The molecule has 0 spiro atoms. The Balaban J connectivity index is 2.07. The Morgan fingerprint density at radius 2 is 1.88 bits per heavy atom. The first-order valence-corrected chi connectivity index (χ1v) is 10.1. The highest BCUT2D eigenvalue weighted by Gasteiger charge is 2.36. The lowest BCUT2D eigenvalue weighted by Crippen LogP contribution is -2.26. The lowest BCUT2D eigenvalue weighted by atomic mass is 9.98. The Morgan fingerprint density at radius 3 is 2.50 bits per heavy atom. The molecule has 0 saturated heterocycles. The van der Waals surface area contributed by atoms with E-state index in [4.69, 9.17) is 21.1 Å². The van der Waals surface area contributed by atoms with E-state index in [-0.39, 0.29) is 0 Å². The van der Waals surface area contributed by atoms with Crippen molar-refractivity contribution in [2.24, 2.45) is 5.10 Å². The van der Waals surface area contributed by atoms with Gasteiger partial charge in [-0.1, -0.05) is 29.8 Å². The van der Waals surface area contributed by atoms with Gasteiger partial charge < -0.3 is 9.47 Å². The van der Waals surface area contributed by atoms with Gasteiger partial charge >= 0.3 is 0 Å². The number of nitrogens with zero attached hydrogens (tertiary/aromatic N) is 2. The molecule has 6 nitrogen and oxygen atoms in total. The van der Waals surface area contributed by atoms with Crippen LogP contribution in [0.25, 0.3) is 0 Å². The lowest BCUT2D eigenvalue weighted by molar-refractivity contribution is 0.348. The number of ether oxygens (including phenoxy) is 2. The van der Waals surface area contributed by atoms with Crippen LogP contribution >= 0.6 is 11.6 Å². The quantitative estimate of drug-likeness (QED) is 0.778. The van der Waals surface area contributed by atoms with E-state index in [0.717, 1.165) is 16.2 Å². The summed E-state index contributed by atoms with van der Waals surface area (Å²) in [6.07, 6.45) is 1.52. The largest absolute Gasteiger partial charge is 0.497 e. The average Bonchev–Trinajstić information content (AvgIpc) is 3.06. The van der Waals surface area contributed by atoms with Crippen LogP contribution in [0.5, 0.6) is 11.5 Å². The first-order valence-electron chi connectivity index (χ1n) is 7.89. The summed E-state index contributed by atoms with van der Waals surface area (Å²) >= 11 is 6.27. The number of rotatable bonds is 5. The molecule has 0 aromatic heterocycles. The van der Waals surface area contributed by atoms with E-state index >= 15 is 0 Å². The van der Waals surface area contributed by atoms with E-state index in [1.807, 2.05) is 18.2 Å². The van der Waals surface area contributed by atoms with Crippen LogP contribution in [-0.4, -0.2) is 39.0 Å². The second kappa shape index (κ2) is 7.17. The van der Waals surface area contributed by atoms with Crippen molar-refractivity contribution in [3.8, 4) is 11.5 Å². The summed E-state index contributed by atoms with van der Waals surface area (Å²) in [6, 6.07) is 12.0. The number of halogens is 1. The van der Waals surface area contributed by atoms with Crippen LogP contribution < -0.4 is 9.47 Å². The van der Waals surface area contributed by atoms with Gasteiger partial charge in [0.2, 0.25) is 10.0 Å². The summed E-state index contributed by atoms with van der Waals surface area (Å²) in [5.74, 6) is 1.17. The topological polar surface area (TPSA) is 68.2 Å². The lowest BCUT2D eigenvalue weighted by Gasteiger charge is -2.23. The molecule has 1 atom stereocenters. The van der Waals surface area contributed by atoms with Crippen LogP contribution in [0, 0.1) is 0 Å². The van der Waals surface area contributed by atoms with Crippen molar-refractivity contribution in [1.82, 2.24) is 4.41 Å². The molecule has 1 aliphatic heterocycles. The van der Waals surface area contributed by atoms with Crippen LogP contribution in [0.4, 0.5) is 0 Å². The van der Waals surface area contributed by atoms with E-state index in [1.54, 1.807) is 31.4 Å². The van der Waals surface area contributed by atoms with E-state index < -0.39 is 16.1 Å². The summed E-state index contributed by atoms with van der Waals surface area (Å²) in [7, 11) is -0.482. The van der Waals surface area contributed by atoms with Gasteiger partial charge in [0, 0.05) is 28.6 Å². The third-order valence-electron chi connectivity index (χ3n) is 4.20. The molecule has 2 aromatic carbocycles. The van der Waals surface area contributed by atoms with Crippen LogP contribution in [0.3, 0.4) is 0 Å². The van der Waals surface area contributed by atoms with Crippen LogP contribution in [-0.2, 0) is 10.0 Å². The molecule has 0 amide bonds. The van der Waals surface area contributed by atoms with Crippen molar-refractivity contribution in [3.63, 3.8) is 0 Å². The maximum Gasteiger partial charge on any atom is 0.247 e. The molecule has 26 heavy (non-hydrogen) atoms. The van der Waals surface area contributed by atoms with Gasteiger partial charge in [-0.25, -0.2) is 8.42 Å². The Morgan fingerprint density at radius 1 is 1.15 bits per heavy atom. The maximum atomic E-state index is 12.3. The Labute approximate surface area is 158 Å². The molecule has 0 unspecified atom stereocenters. The van der Waals surface area contributed by atoms with Crippen LogP contribution in [0.15, 0.2) is 47.6 Å². The van der Waals surface area contributed by atoms with Gasteiger partial charge in [0.25, 0.3) is 0 Å². The maximum absolute atomic E-state index is 12.3. The third kappa shape index (κ3) is 3.50. The molecule has 0 aliphatic carbocycles. The van der Waals surface area contributed by atoms with Gasteiger partial charge in [0.05, 0.1) is 32.2 Å². The molecule has 8 heteroatoms. The second-order valence-electron chi connectivity index (χ2n) is 5.89. The predicted molar refractivity (Wildman–Crippen MR) is 102 cm³/mol. The van der Waals surface area contributed by atoms with Crippen molar-refractivity contribution >= 4 is 27.3 Å². The van der Waals surface area contributed by atoms with Gasteiger partial charge in [-0.05, 0) is 18.2 Å². The fourth-order valence-corrected chi connectivity index (χ4v) is 4.12. The van der Waals surface area contributed by atoms with Gasteiger partial charge in [-0.2, -0.15) is 9.52 Å². The van der Waals surface area contributed by atoms with Crippen molar-refractivity contribution in [3.05, 3.63) is 58.6 Å². The highest BCUT2D eigenvalue weighted by molar-refractivity contribution is 7.88. The minimum absolute atomic E-state index is 0.388. The monoisotopic (exact) mass is 394 g/mol. The average molecular weight is 395 g/mol. The number of hydrazone groups is 1. The Hall–Kier alpha value is -2.25. The van der Waals surface area contributed by atoms with Gasteiger partial charge in [0.15, 0.2) is 0 Å². The Kier molecular flexibility index (Phi) is 5.11. The summed E-state index contributed by atoms with van der Waals surface area (Å²) in [5.41, 5.74) is 2.05. The number of hydrogen-bond donors (Lipinski definition) is 0. The minimum Gasteiger partial charge on any atom is -0.497 e. The zero-order valence-electron chi connectivity index (χ0n) is 14.6. The second-order valence-corrected chi connectivity index (χ2v) is 8.14. The van der Waals surface area contributed by atoms with E-state index in [2.05, 4.69) is 5.10 Å². The van der Waals surface area contributed by atoms with E-state index in [0.29, 0.717) is 34.2 Å². The highest BCUT2D eigenvalue weighted by Crippen LogP contribution is 2.40. The molecule has 1 aliphatic rings. The molecule has 0 N–H and O–H groups in total. The van der Waals surface area contributed by atoms with Crippen molar-refractivity contribution in [2.45, 2.75) is 12.5 Å². The fourth-order valence-electron chi connectivity index (χ4n) is 2.98. The first kappa shape index (κ1) is 18.5. The van der Waals surface area contributed by atoms with Crippen molar-refractivity contribution < 1.29 is 17.9 Å². The van der Waals surface area contributed by atoms with Gasteiger partial charge in [0.1, 0.15) is 11.5 Å². The number of benzene rings is 2. The number of methoxy groups -OCH3 is 2.